The van der Waals surface area contributed by atoms with Crippen LogP contribution in [0.3, 0.4) is 0 Å². The number of aromatic hydroxyl groups is 1. The van der Waals surface area contributed by atoms with Crippen molar-refractivity contribution in [3.05, 3.63) is 101 Å². The minimum atomic E-state index is -1.82. The Morgan fingerprint density at radius 3 is 2.24 bits per heavy atom. The quantitative estimate of drug-likeness (QED) is 0.146. The number of aliphatic hydroxyl groups is 1. The molecule has 0 unspecified atom stereocenters. The SMILES string of the molecule is Cc1c(O)cccc1CNC(=O)[C@H]1N(C(=O)[C@@H](O)[C@H](Cc2ccccc2)NC(=O)[C@H](CC(N)=O)NC(=O)OCc2ccccc2)CSC1(C)C. The van der Waals surface area contributed by atoms with Crippen LogP contribution >= 0.6 is 11.8 Å². The highest BCUT2D eigenvalue weighted by molar-refractivity contribution is 8.00. The van der Waals surface area contributed by atoms with Gasteiger partial charge >= 0.3 is 6.09 Å². The molecule has 4 atom stereocenters. The van der Waals surface area contributed by atoms with Gasteiger partial charge in [-0.1, -0.05) is 72.8 Å². The number of amides is 5. The van der Waals surface area contributed by atoms with Crippen LogP contribution in [0.5, 0.6) is 5.75 Å². The van der Waals surface area contributed by atoms with Crippen molar-refractivity contribution in [2.75, 3.05) is 5.88 Å². The number of benzene rings is 3. The number of hydrogen-bond donors (Lipinski definition) is 6. The van der Waals surface area contributed by atoms with Crippen molar-refractivity contribution in [1.29, 1.82) is 0 Å². The Labute approximate surface area is 294 Å². The van der Waals surface area contributed by atoms with Crippen molar-refractivity contribution in [1.82, 2.24) is 20.9 Å². The molecule has 1 aliphatic heterocycles. The van der Waals surface area contributed by atoms with Gasteiger partial charge in [0.05, 0.1) is 18.3 Å². The van der Waals surface area contributed by atoms with Gasteiger partial charge in [0.1, 0.15) is 24.4 Å². The molecule has 5 amide bonds. The summed E-state index contributed by atoms with van der Waals surface area (Å²) in [4.78, 5) is 67.0. The molecule has 0 radical (unpaired) electrons. The number of nitrogens with one attached hydrogen (secondary N) is 3. The Morgan fingerprint density at radius 2 is 1.60 bits per heavy atom. The van der Waals surface area contributed by atoms with Crippen molar-refractivity contribution in [3.63, 3.8) is 0 Å². The molecule has 0 saturated carbocycles. The second kappa shape index (κ2) is 17.0. The van der Waals surface area contributed by atoms with E-state index in [4.69, 9.17) is 10.5 Å². The number of alkyl carbamates (subject to hydrolysis) is 1. The number of nitrogens with two attached hydrogens (primary N) is 1. The van der Waals surface area contributed by atoms with Gasteiger partial charge in [-0.25, -0.2) is 4.79 Å². The summed E-state index contributed by atoms with van der Waals surface area (Å²) in [6.07, 6.45) is -3.38. The van der Waals surface area contributed by atoms with Gasteiger partial charge in [0.2, 0.25) is 17.7 Å². The fraction of sp³-hybridized carbons (Fsp3) is 0.361. The monoisotopic (exact) mass is 705 g/mol. The summed E-state index contributed by atoms with van der Waals surface area (Å²) in [7, 11) is 0. The average molecular weight is 706 g/mol. The maximum absolute atomic E-state index is 14.0. The van der Waals surface area contributed by atoms with E-state index in [1.54, 1.807) is 85.8 Å². The first-order chi connectivity index (χ1) is 23.8. The summed E-state index contributed by atoms with van der Waals surface area (Å²) in [5.74, 6) is -2.81. The van der Waals surface area contributed by atoms with Crippen molar-refractivity contribution in [2.24, 2.45) is 5.73 Å². The Bertz CT molecular complexity index is 1670. The maximum atomic E-state index is 14.0. The highest BCUT2D eigenvalue weighted by Crippen LogP contribution is 2.40. The predicted molar refractivity (Wildman–Crippen MR) is 187 cm³/mol. The summed E-state index contributed by atoms with van der Waals surface area (Å²) in [6, 6.07) is 19.0. The zero-order valence-electron chi connectivity index (χ0n) is 28.1. The molecule has 266 valence electrons. The van der Waals surface area contributed by atoms with E-state index in [9.17, 15) is 34.2 Å². The molecule has 1 heterocycles. The number of phenols is 1. The normalized spacial score (nSPS) is 16.8. The number of rotatable bonds is 14. The van der Waals surface area contributed by atoms with E-state index in [-0.39, 0.29) is 31.2 Å². The first-order valence-corrected chi connectivity index (χ1v) is 17.0. The fourth-order valence-electron chi connectivity index (χ4n) is 5.61. The molecule has 0 spiro atoms. The van der Waals surface area contributed by atoms with Crippen LogP contribution in [0.15, 0.2) is 78.9 Å². The lowest BCUT2D eigenvalue weighted by Gasteiger charge is -2.33. The third-order valence-electron chi connectivity index (χ3n) is 8.43. The highest BCUT2D eigenvalue weighted by atomic mass is 32.2. The molecule has 14 heteroatoms. The van der Waals surface area contributed by atoms with Gasteiger partial charge in [0.15, 0.2) is 6.10 Å². The zero-order valence-corrected chi connectivity index (χ0v) is 28.9. The molecule has 0 aromatic heterocycles. The molecule has 13 nitrogen and oxygen atoms in total. The van der Waals surface area contributed by atoms with Gasteiger partial charge in [-0.15, -0.1) is 11.8 Å². The van der Waals surface area contributed by atoms with E-state index in [2.05, 4.69) is 16.0 Å². The zero-order chi connectivity index (χ0) is 36.4. The third-order valence-corrected chi connectivity index (χ3v) is 9.81. The van der Waals surface area contributed by atoms with Crippen molar-refractivity contribution < 1.29 is 38.9 Å². The van der Waals surface area contributed by atoms with Crippen molar-refractivity contribution in [3.8, 4) is 5.75 Å². The molecule has 3 aromatic carbocycles. The van der Waals surface area contributed by atoms with Gasteiger partial charge in [-0.3, -0.25) is 19.2 Å². The van der Waals surface area contributed by atoms with Crippen LogP contribution in [0.25, 0.3) is 0 Å². The topological polar surface area (TPSA) is 200 Å². The number of nitrogens with zero attached hydrogens (tertiary/aromatic N) is 1. The summed E-state index contributed by atoms with van der Waals surface area (Å²) >= 11 is 1.36. The number of thioether (sulfide) groups is 1. The second-order valence-electron chi connectivity index (χ2n) is 12.5. The first kappa shape index (κ1) is 37.7. The van der Waals surface area contributed by atoms with E-state index in [1.165, 1.54) is 16.7 Å². The minimum Gasteiger partial charge on any atom is -0.508 e. The second-order valence-corrected chi connectivity index (χ2v) is 14.1. The van der Waals surface area contributed by atoms with Crippen LogP contribution in [0.2, 0.25) is 0 Å². The van der Waals surface area contributed by atoms with E-state index >= 15 is 0 Å². The standard InChI is InChI=1S/C36H43N5O8S/c1-22-25(15-10-16-28(22)42)19-38-33(46)31-36(2,3)50-21-41(31)34(47)30(44)26(17-23-11-6-4-7-12-23)39-32(45)27(18-29(37)43)40-35(48)49-20-24-13-8-5-9-14-24/h4-16,26-27,30-31,42,44H,17-21H2,1-3H3,(H2,37,43)(H,38,46)(H,39,45)(H,40,48)/t26-,27-,30-,31+/m0/s1. The number of aliphatic hydroxyl groups excluding tert-OH is 1. The molecule has 1 saturated heterocycles. The van der Waals surface area contributed by atoms with Crippen molar-refractivity contribution in [2.45, 2.75) is 75.7 Å². The van der Waals surface area contributed by atoms with Gasteiger partial charge in [-0.05, 0) is 55.5 Å². The number of primary amides is 1. The third kappa shape index (κ3) is 9.98. The van der Waals surface area contributed by atoms with E-state index in [0.29, 0.717) is 22.3 Å². The number of ether oxygens (including phenoxy) is 1. The fourth-order valence-corrected chi connectivity index (χ4v) is 6.75. The minimum absolute atomic E-state index is 0.000746. The van der Waals surface area contributed by atoms with Gasteiger partial charge < -0.3 is 41.5 Å². The molecule has 0 aliphatic carbocycles. The molecule has 1 fully saturated rings. The summed E-state index contributed by atoms with van der Waals surface area (Å²) in [5.41, 5.74) is 8.09. The molecule has 4 rings (SSSR count). The summed E-state index contributed by atoms with van der Waals surface area (Å²) in [5, 5.41) is 29.5. The summed E-state index contributed by atoms with van der Waals surface area (Å²) < 4.78 is 4.48. The lowest BCUT2D eigenvalue weighted by molar-refractivity contribution is -0.148. The first-order valence-electron chi connectivity index (χ1n) is 16.0. The van der Waals surface area contributed by atoms with E-state index < -0.39 is 65.1 Å². The van der Waals surface area contributed by atoms with Gasteiger partial charge in [-0.2, -0.15) is 0 Å². The largest absolute Gasteiger partial charge is 0.508 e. The molecule has 1 aliphatic rings. The Balaban J connectivity index is 1.51. The molecule has 3 aromatic rings. The lowest BCUT2D eigenvalue weighted by atomic mass is 9.96. The Morgan fingerprint density at radius 1 is 0.960 bits per heavy atom. The van der Waals surface area contributed by atoms with Crippen LogP contribution in [0.4, 0.5) is 4.79 Å². The van der Waals surface area contributed by atoms with Crippen molar-refractivity contribution >= 4 is 41.5 Å². The van der Waals surface area contributed by atoms with E-state index in [1.807, 2.05) is 13.8 Å². The number of carbonyl (C=O) groups excluding carboxylic acids is 5. The van der Waals surface area contributed by atoms with Crippen LogP contribution in [-0.4, -0.2) is 79.7 Å². The molecule has 50 heavy (non-hydrogen) atoms. The van der Waals surface area contributed by atoms with Gasteiger partial charge in [0, 0.05) is 11.3 Å². The number of phenolic OH excluding ortho intramolecular Hbond substituents is 1. The smallest absolute Gasteiger partial charge is 0.408 e. The number of carbonyl (C=O) groups is 5. The average Bonchev–Trinajstić information content (AvgIpc) is 3.41. The highest BCUT2D eigenvalue weighted by Gasteiger charge is 2.50. The van der Waals surface area contributed by atoms with Crippen LogP contribution in [0, 0.1) is 6.92 Å². The molecular weight excluding hydrogens is 662 g/mol. The Hall–Kier alpha value is -5.08. The number of hydrogen-bond acceptors (Lipinski definition) is 9. The molecule has 7 N–H and O–H groups in total. The predicted octanol–water partition coefficient (Wildman–Crippen LogP) is 2.26. The lowest BCUT2D eigenvalue weighted by Crippen LogP contribution is -2.60. The molecular formula is C36H43N5O8S. The molecule has 0 bridgehead atoms. The van der Waals surface area contributed by atoms with Crippen LogP contribution in [-0.2, 0) is 43.5 Å². The van der Waals surface area contributed by atoms with E-state index in [0.717, 1.165) is 0 Å². The van der Waals surface area contributed by atoms with Crippen LogP contribution in [0.1, 0.15) is 42.5 Å². The Kier molecular flexibility index (Phi) is 12.9. The van der Waals surface area contributed by atoms with Crippen LogP contribution < -0.4 is 21.7 Å². The summed E-state index contributed by atoms with van der Waals surface area (Å²) in [6.45, 7) is 5.39. The van der Waals surface area contributed by atoms with Gasteiger partial charge in [0.25, 0.3) is 5.91 Å². The maximum Gasteiger partial charge on any atom is 0.408 e.